The molecular weight excluding hydrogens is 274 g/mol. The van der Waals surface area contributed by atoms with E-state index in [4.69, 9.17) is 5.73 Å². The van der Waals surface area contributed by atoms with E-state index in [1.54, 1.807) is 6.07 Å². The normalized spacial score (nSPS) is 10.5. The Bertz CT molecular complexity index is 699. The van der Waals surface area contributed by atoms with Crippen molar-refractivity contribution in [1.82, 2.24) is 0 Å². The minimum atomic E-state index is -0.999. The molecule has 0 unspecified atom stereocenters. The van der Waals surface area contributed by atoms with Gasteiger partial charge in [-0.1, -0.05) is 18.2 Å². The second-order valence-electron chi connectivity index (χ2n) is 4.91. The average molecular weight is 290 g/mol. The third-order valence-corrected chi connectivity index (χ3v) is 3.42. The summed E-state index contributed by atoms with van der Waals surface area (Å²) in [4.78, 5) is 12.0. The molecule has 3 N–H and O–H groups in total. The molecule has 0 aliphatic carbocycles. The van der Waals surface area contributed by atoms with Crippen LogP contribution in [-0.2, 0) is 11.2 Å². The number of hydrogen-bond donors (Lipinski definition) is 2. The van der Waals surface area contributed by atoms with Crippen LogP contribution in [0.25, 0.3) is 0 Å². The first-order chi connectivity index (χ1) is 9.90. The molecule has 2 rings (SSSR count). The van der Waals surface area contributed by atoms with Gasteiger partial charge in [0.2, 0.25) is 5.91 Å². The highest BCUT2D eigenvalue weighted by molar-refractivity contribution is 5.96. The van der Waals surface area contributed by atoms with E-state index in [9.17, 15) is 13.6 Å². The number of nitrogens with two attached hydrogens (primary N) is 1. The number of amides is 1. The number of hydrogen-bond acceptors (Lipinski definition) is 2. The van der Waals surface area contributed by atoms with Crippen molar-refractivity contribution in [2.45, 2.75) is 20.3 Å². The van der Waals surface area contributed by atoms with Crippen LogP contribution in [0, 0.1) is 25.5 Å². The van der Waals surface area contributed by atoms with Crippen LogP contribution in [-0.4, -0.2) is 5.91 Å². The Morgan fingerprint density at radius 2 is 1.90 bits per heavy atom. The van der Waals surface area contributed by atoms with E-state index in [-0.39, 0.29) is 12.0 Å². The summed E-state index contributed by atoms with van der Waals surface area (Å²) in [6.45, 7) is 3.74. The number of nitrogen functional groups attached to an aromatic ring is 1. The summed E-state index contributed by atoms with van der Waals surface area (Å²) in [5.41, 5.74) is 8.63. The van der Waals surface area contributed by atoms with Gasteiger partial charge in [0, 0.05) is 5.56 Å². The Balaban J connectivity index is 2.20. The standard InChI is InChI=1S/C16H16F2N2O/c1-9-6-7-13(19)16(10(9)2)20-14(21)8-11-4-3-5-12(17)15(11)18/h3-7H,8,19H2,1-2H3,(H,20,21). The van der Waals surface area contributed by atoms with E-state index in [1.165, 1.54) is 12.1 Å². The van der Waals surface area contributed by atoms with Crippen LogP contribution in [0.4, 0.5) is 20.2 Å². The highest BCUT2D eigenvalue weighted by Gasteiger charge is 2.14. The molecule has 0 aromatic heterocycles. The quantitative estimate of drug-likeness (QED) is 0.852. The fourth-order valence-electron chi connectivity index (χ4n) is 2.04. The van der Waals surface area contributed by atoms with Crippen LogP contribution in [0.1, 0.15) is 16.7 Å². The summed E-state index contributed by atoms with van der Waals surface area (Å²) in [6.07, 6.45) is -0.254. The third-order valence-electron chi connectivity index (χ3n) is 3.42. The van der Waals surface area contributed by atoms with Gasteiger partial charge in [-0.3, -0.25) is 4.79 Å². The van der Waals surface area contributed by atoms with Gasteiger partial charge in [-0.25, -0.2) is 8.78 Å². The van der Waals surface area contributed by atoms with Crippen LogP contribution in [0.15, 0.2) is 30.3 Å². The molecule has 21 heavy (non-hydrogen) atoms. The summed E-state index contributed by atoms with van der Waals surface area (Å²) in [5, 5.41) is 2.66. The molecule has 0 aliphatic heterocycles. The first-order valence-corrected chi connectivity index (χ1v) is 6.48. The Hall–Kier alpha value is -2.43. The average Bonchev–Trinajstić information content (AvgIpc) is 2.44. The van der Waals surface area contributed by atoms with Gasteiger partial charge in [0.15, 0.2) is 11.6 Å². The van der Waals surface area contributed by atoms with Gasteiger partial charge < -0.3 is 11.1 Å². The van der Waals surface area contributed by atoms with Crippen molar-refractivity contribution < 1.29 is 13.6 Å². The van der Waals surface area contributed by atoms with Gasteiger partial charge in [-0.2, -0.15) is 0 Å². The lowest BCUT2D eigenvalue weighted by Gasteiger charge is -2.13. The van der Waals surface area contributed by atoms with Crippen LogP contribution >= 0.6 is 0 Å². The number of anilines is 2. The number of aryl methyl sites for hydroxylation is 1. The SMILES string of the molecule is Cc1ccc(N)c(NC(=O)Cc2cccc(F)c2F)c1C. The van der Waals surface area contributed by atoms with Crippen LogP contribution < -0.4 is 11.1 Å². The fraction of sp³-hybridized carbons (Fsp3) is 0.188. The lowest BCUT2D eigenvalue weighted by molar-refractivity contribution is -0.115. The maximum atomic E-state index is 13.5. The molecular formula is C16H16F2N2O. The fourth-order valence-corrected chi connectivity index (χ4v) is 2.04. The summed E-state index contributed by atoms with van der Waals surface area (Å²) in [7, 11) is 0. The number of rotatable bonds is 3. The zero-order valence-corrected chi connectivity index (χ0v) is 11.8. The zero-order valence-electron chi connectivity index (χ0n) is 11.8. The molecule has 0 fully saturated rings. The van der Waals surface area contributed by atoms with Gasteiger partial charge in [0.05, 0.1) is 17.8 Å². The van der Waals surface area contributed by atoms with Crippen molar-refractivity contribution in [2.24, 2.45) is 0 Å². The Morgan fingerprint density at radius 1 is 1.19 bits per heavy atom. The second kappa shape index (κ2) is 5.91. The molecule has 0 saturated heterocycles. The Kier molecular flexibility index (Phi) is 4.21. The second-order valence-corrected chi connectivity index (χ2v) is 4.91. The molecule has 0 heterocycles. The number of carbonyl (C=O) groups excluding carboxylic acids is 1. The molecule has 3 nitrogen and oxygen atoms in total. The molecule has 0 atom stereocenters. The van der Waals surface area contributed by atoms with Gasteiger partial charge in [0.25, 0.3) is 0 Å². The van der Waals surface area contributed by atoms with Crippen molar-refractivity contribution in [1.29, 1.82) is 0 Å². The third kappa shape index (κ3) is 3.18. The van der Waals surface area contributed by atoms with Crippen molar-refractivity contribution in [3.63, 3.8) is 0 Å². The highest BCUT2D eigenvalue weighted by Crippen LogP contribution is 2.26. The predicted octanol–water partition coefficient (Wildman–Crippen LogP) is 3.35. The number of benzene rings is 2. The van der Waals surface area contributed by atoms with Crippen molar-refractivity contribution in [3.05, 3.63) is 58.7 Å². The molecule has 0 saturated carbocycles. The lowest BCUT2D eigenvalue weighted by atomic mass is 10.1. The van der Waals surface area contributed by atoms with E-state index >= 15 is 0 Å². The Labute approximate surface area is 121 Å². The summed E-state index contributed by atoms with van der Waals surface area (Å²) >= 11 is 0. The maximum Gasteiger partial charge on any atom is 0.228 e. The monoisotopic (exact) mass is 290 g/mol. The lowest BCUT2D eigenvalue weighted by Crippen LogP contribution is -2.17. The Morgan fingerprint density at radius 3 is 2.62 bits per heavy atom. The zero-order chi connectivity index (χ0) is 15.6. The predicted molar refractivity (Wildman–Crippen MR) is 79.0 cm³/mol. The molecule has 2 aromatic rings. The van der Waals surface area contributed by atoms with Gasteiger partial charge in [0.1, 0.15) is 0 Å². The van der Waals surface area contributed by atoms with E-state index in [0.29, 0.717) is 11.4 Å². The van der Waals surface area contributed by atoms with Crippen LogP contribution in [0.2, 0.25) is 0 Å². The highest BCUT2D eigenvalue weighted by atomic mass is 19.2. The number of nitrogens with one attached hydrogen (secondary N) is 1. The summed E-state index contributed by atoms with van der Waals surface area (Å²) in [5.74, 6) is -2.41. The van der Waals surface area contributed by atoms with Gasteiger partial charge in [-0.15, -0.1) is 0 Å². The maximum absolute atomic E-state index is 13.5. The van der Waals surface area contributed by atoms with E-state index < -0.39 is 17.5 Å². The smallest absolute Gasteiger partial charge is 0.228 e. The topological polar surface area (TPSA) is 55.1 Å². The first-order valence-electron chi connectivity index (χ1n) is 6.48. The van der Waals surface area contributed by atoms with E-state index in [0.717, 1.165) is 17.2 Å². The van der Waals surface area contributed by atoms with Crippen molar-refractivity contribution in [3.8, 4) is 0 Å². The summed E-state index contributed by atoms with van der Waals surface area (Å²) in [6, 6.07) is 7.31. The first kappa shape index (κ1) is 15.0. The summed E-state index contributed by atoms with van der Waals surface area (Å²) < 4.78 is 26.7. The molecule has 0 bridgehead atoms. The van der Waals surface area contributed by atoms with Crippen molar-refractivity contribution in [2.75, 3.05) is 11.1 Å². The van der Waals surface area contributed by atoms with Crippen molar-refractivity contribution >= 4 is 17.3 Å². The number of halogens is 2. The van der Waals surface area contributed by atoms with E-state index in [1.807, 2.05) is 19.9 Å². The largest absolute Gasteiger partial charge is 0.397 e. The molecule has 0 radical (unpaired) electrons. The molecule has 1 amide bonds. The molecule has 0 spiro atoms. The van der Waals surface area contributed by atoms with Crippen LogP contribution in [0.5, 0.6) is 0 Å². The van der Waals surface area contributed by atoms with Gasteiger partial charge >= 0.3 is 0 Å². The van der Waals surface area contributed by atoms with Crippen LogP contribution in [0.3, 0.4) is 0 Å². The number of carbonyl (C=O) groups is 1. The molecule has 0 aliphatic rings. The molecule has 5 heteroatoms. The molecule has 2 aromatic carbocycles. The minimum absolute atomic E-state index is 0.0105. The van der Waals surface area contributed by atoms with Gasteiger partial charge in [-0.05, 0) is 37.1 Å². The minimum Gasteiger partial charge on any atom is -0.397 e. The van der Waals surface area contributed by atoms with E-state index in [2.05, 4.69) is 5.32 Å². The molecule has 110 valence electrons.